The summed E-state index contributed by atoms with van der Waals surface area (Å²) < 4.78 is 144. The number of benzene rings is 1. The third-order valence-electron chi connectivity index (χ3n) is 19.5. The maximum Gasteiger partial charge on any atom is 0.367 e. The smallest absolute Gasteiger partial charge is 0.367 e. The van der Waals surface area contributed by atoms with Crippen molar-refractivity contribution >= 4 is 101 Å². The quantitative estimate of drug-likeness (QED) is 0.0446. The van der Waals surface area contributed by atoms with E-state index < -0.39 is 293 Å². The fourth-order valence-electron chi connectivity index (χ4n) is 14.9. The maximum absolute atomic E-state index is 15.3. The summed E-state index contributed by atoms with van der Waals surface area (Å²) in [5, 5.41) is 11.0. The molecule has 1 aromatic carbocycles. The molecular formula is C77H108N4O41. The van der Waals surface area contributed by atoms with E-state index in [1.165, 1.54) is 35.4 Å². The molecule has 5 aliphatic rings. The zero-order valence-electron chi connectivity index (χ0n) is 71.4. The van der Waals surface area contributed by atoms with Gasteiger partial charge in [-0.3, -0.25) is 71.9 Å². The summed E-state index contributed by atoms with van der Waals surface area (Å²) >= 11 is 0. The van der Waals surface area contributed by atoms with Gasteiger partial charge in [-0.05, 0) is 19.8 Å². The van der Waals surface area contributed by atoms with Gasteiger partial charge < -0.3 is 135 Å². The molecule has 0 radical (unpaired) electrons. The zero-order chi connectivity index (χ0) is 91.3. The van der Waals surface area contributed by atoms with Gasteiger partial charge in [0.05, 0.1) is 85.3 Å². The van der Waals surface area contributed by atoms with Gasteiger partial charge in [-0.15, -0.1) is 0 Å². The lowest BCUT2D eigenvalue weighted by molar-refractivity contribution is -0.401. The predicted octanol–water partition coefficient (Wildman–Crippen LogP) is -1.16. The molecule has 24 atom stereocenters. The first-order valence-electron chi connectivity index (χ1n) is 38.5. The molecule has 0 saturated carbocycles. The number of rotatable bonds is 39. The molecule has 1 spiro atoms. The molecule has 45 heteroatoms. The molecule has 0 bridgehead atoms. The van der Waals surface area contributed by atoms with Crippen molar-refractivity contribution in [2.75, 3.05) is 68.5 Å². The van der Waals surface area contributed by atoms with Crippen LogP contribution in [0.4, 0.5) is 0 Å². The summed E-state index contributed by atoms with van der Waals surface area (Å²) in [7, 11) is 6.38. The van der Waals surface area contributed by atoms with Crippen molar-refractivity contribution in [2.45, 2.75) is 276 Å². The number of ketones is 1. The normalized spacial score (nSPS) is 28.0. The predicted molar refractivity (Wildman–Crippen MR) is 399 cm³/mol. The Kier molecular flexibility index (Phi) is 36.8. The largest absolute Gasteiger partial charge is 0.496 e. The minimum absolute atomic E-state index is 0.0375. The molecule has 0 aromatic heterocycles. The first kappa shape index (κ1) is 100. The highest BCUT2D eigenvalue weighted by Gasteiger charge is 2.68. The van der Waals surface area contributed by atoms with Crippen molar-refractivity contribution in [2.24, 2.45) is 5.92 Å². The van der Waals surface area contributed by atoms with Crippen LogP contribution < -0.4 is 40.2 Å². The number of carbonyl (C=O) groups is 17. The highest BCUT2D eigenvalue weighted by molar-refractivity contribution is 5.87. The van der Waals surface area contributed by atoms with Gasteiger partial charge in [0, 0.05) is 121 Å². The fraction of sp³-hybridized carbons (Fsp3) is 0.701. The van der Waals surface area contributed by atoms with Gasteiger partial charge in [-0.25, -0.2) is 9.59 Å². The van der Waals surface area contributed by atoms with E-state index in [1.54, 1.807) is 13.0 Å². The number of amides is 3. The highest BCUT2D eigenvalue weighted by Crippen LogP contribution is 2.49. The zero-order valence-corrected chi connectivity index (χ0v) is 71.4. The SMILES string of the molecule is CCC(Cc1c(OC)cc(OC)c(OC)c1OC)C(=O)[C@@H](C)NC[C@@H]1OC(CO[C@]2(C(=O)OC)C[C@H](OC(C)=O)[C@@H](NC(C)=O)C([C@H](OC(C)=O)[C@@H](COC(C)=O)OC(C)=O)O2)[C@H](OC(C)=O)[C@H](O[C@@H]2OC(COC(C)=O)[C@@H]3OC(=O)[C@]4(C[C@H](OC(C)=O)[C@@H](NC(C)=O)C([C@H](OC(C)=O)[C@@H](COC(C)=O)OC(C)=O)O4)O[C@@H]3C2OC(C)=O)C1NC(C)=O. The van der Waals surface area contributed by atoms with Crippen molar-refractivity contribution in [1.82, 2.24) is 21.3 Å². The Hall–Kier alpha value is -10.7. The standard InChI is InChI=1S/C77H108N4O41/c1-22-47(23-48-49(99-17)24-50(100-18)63(102-20)62(48)101-19)61(96)32(2)78-27-53-60(81-35(5)84)68(64(112-43(13)92)57(116-53)31-107-76(74(97)103-21)25-51(108-39(9)88)58(79-33(3)82)69(120-76)65(113-44(14)93)54(110-41(11)90)28-104-36(6)85)118-73-72(115-46(16)95)71-67(56(117-73)30-106-38(8)87)119-75(98)77(122-71)26-52(109-40(10)89)59(80-34(4)83)70(121-77)66(114-45(15)94)55(111-42(12)91)29-105-37(7)86/h24,32,47,51-60,64-73,78H,22-23,25-31H2,1-21H3,(H,79,82)(H,80,83)(H,81,84)/t32-,47?,51+,52+,53+,54-,55-,56?,57?,58-,59-,60?,64+,65-,66-,67+,68-,69?,70?,71+,72?,73+,76-,77+/m1/s1. The Morgan fingerprint density at radius 2 is 0.967 bits per heavy atom. The lowest BCUT2D eigenvalue weighted by Gasteiger charge is -2.55. The number of carbonyl (C=O) groups excluding carboxylic acids is 17. The first-order valence-corrected chi connectivity index (χ1v) is 38.5. The van der Waals surface area contributed by atoms with Gasteiger partial charge >= 0.3 is 77.6 Å². The molecule has 1 aromatic rings. The van der Waals surface area contributed by atoms with Gasteiger partial charge in [0.2, 0.25) is 23.5 Å². The van der Waals surface area contributed by atoms with Crippen LogP contribution in [0.5, 0.6) is 23.0 Å². The van der Waals surface area contributed by atoms with E-state index in [2.05, 4.69) is 21.3 Å². The summed E-state index contributed by atoms with van der Waals surface area (Å²) in [6.07, 6.45) is -36.1. The highest BCUT2D eigenvalue weighted by atomic mass is 16.8. The average Bonchev–Trinajstić information content (AvgIpc) is 0.725. The van der Waals surface area contributed by atoms with Crippen LogP contribution >= 0.6 is 0 Å². The molecule has 4 N–H and O–H groups in total. The van der Waals surface area contributed by atoms with E-state index in [-0.39, 0.29) is 35.8 Å². The van der Waals surface area contributed by atoms with Crippen molar-refractivity contribution in [3.8, 4) is 23.0 Å². The van der Waals surface area contributed by atoms with E-state index in [0.29, 0.717) is 5.56 Å². The molecule has 5 saturated heterocycles. The van der Waals surface area contributed by atoms with Crippen LogP contribution in [0.2, 0.25) is 0 Å². The van der Waals surface area contributed by atoms with Crippen LogP contribution in [-0.4, -0.2) is 309 Å². The topological polar surface area (TPSA) is 560 Å². The van der Waals surface area contributed by atoms with E-state index >= 15 is 14.4 Å². The van der Waals surface area contributed by atoms with Crippen LogP contribution in [-0.2, 0) is 183 Å². The van der Waals surface area contributed by atoms with Gasteiger partial charge in [-0.2, -0.15) is 0 Å². The third kappa shape index (κ3) is 26.4. The number of hydrogen-bond acceptors (Lipinski definition) is 42. The maximum atomic E-state index is 15.3. The summed E-state index contributed by atoms with van der Waals surface area (Å²) in [6.45, 7) is 12.0. The van der Waals surface area contributed by atoms with E-state index in [0.717, 1.165) is 104 Å². The molecule has 45 nitrogen and oxygen atoms in total. The third-order valence-corrected chi connectivity index (χ3v) is 19.5. The summed E-state index contributed by atoms with van der Waals surface area (Å²) in [5.74, 6) is -24.2. The minimum Gasteiger partial charge on any atom is -0.496 e. The van der Waals surface area contributed by atoms with Crippen LogP contribution in [0.1, 0.15) is 136 Å². The lowest BCUT2D eigenvalue weighted by Crippen LogP contribution is -2.75. The van der Waals surface area contributed by atoms with E-state index in [1.807, 2.05) is 0 Å². The van der Waals surface area contributed by atoms with Gasteiger partial charge in [0.25, 0.3) is 11.6 Å². The number of fused-ring (bicyclic) bond motifs is 1. The Morgan fingerprint density at radius 3 is 1.42 bits per heavy atom. The second-order valence-electron chi connectivity index (χ2n) is 28.8. The van der Waals surface area contributed by atoms with Gasteiger partial charge in [-0.1, -0.05) is 6.92 Å². The average molecular weight is 1750 g/mol. The lowest BCUT2D eigenvalue weighted by atomic mass is 9.86. The summed E-state index contributed by atoms with van der Waals surface area (Å²) in [5.41, 5.74) is 0.398. The number of esters is 13. The fourth-order valence-corrected chi connectivity index (χ4v) is 14.9. The number of ether oxygens (including phenoxy) is 24. The molecule has 5 heterocycles. The van der Waals surface area contributed by atoms with Crippen LogP contribution in [0, 0.1) is 5.92 Å². The Balaban J connectivity index is 1.65. The molecule has 7 unspecified atom stereocenters. The van der Waals surface area contributed by atoms with Crippen molar-refractivity contribution < 1.29 is 195 Å². The van der Waals surface area contributed by atoms with E-state index in [9.17, 15) is 67.1 Å². The second kappa shape index (κ2) is 44.9. The van der Waals surface area contributed by atoms with Crippen molar-refractivity contribution in [3.63, 3.8) is 0 Å². The number of hydrogen-bond donors (Lipinski definition) is 4. The van der Waals surface area contributed by atoms with Crippen LogP contribution in [0.15, 0.2) is 6.07 Å². The monoisotopic (exact) mass is 1740 g/mol. The van der Waals surface area contributed by atoms with E-state index in [4.69, 9.17) is 114 Å². The Bertz CT molecular complexity index is 3990. The molecule has 5 fully saturated rings. The molecular weight excluding hydrogens is 1640 g/mol. The summed E-state index contributed by atoms with van der Waals surface area (Å²) in [6, 6.07) is -4.93. The van der Waals surface area contributed by atoms with Crippen LogP contribution in [0.3, 0.4) is 0 Å². The minimum atomic E-state index is -3.08. The number of nitrogens with one attached hydrogen (secondary N) is 4. The molecule has 5 aliphatic heterocycles. The van der Waals surface area contributed by atoms with Crippen molar-refractivity contribution in [1.29, 1.82) is 0 Å². The second-order valence-corrected chi connectivity index (χ2v) is 28.8. The molecule has 6 rings (SSSR count). The number of Topliss-reactive ketones (excluding diaryl/α,β-unsaturated/α-hetero) is 1. The number of methoxy groups -OCH3 is 5. The molecule has 3 amide bonds. The van der Waals surface area contributed by atoms with Gasteiger partial charge in [0.15, 0.2) is 66.3 Å². The Morgan fingerprint density at radius 1 is 0.484 bits per heavy atom. The van der Waals surface area contributed by atoms with Gasteiger partial charge in [0.1, 0.15) is 74.4 Å². The van der Waals surface area contributed by atoms with Crippen molar-refractivity contribution in [3.05, 3.63) is 11.6 Å². The first-order chi connectivity index (χ1) is 57.3. The Labute approximate surface area is 700 Å². The molecule has 0 aliphatic carbocycles. The summed E-state index contributed by atoms with van der Waals surface area (Å²) in [4.78, 5) is 231. The van der Waals surface area contributed by atoms with Crippen LogP contribution in [0.25, 0.3) is 0 Å². The molecule has 682 valence electrons. The molecule has 122 heavy (non-hydrogen) atoms.